The van der Waals surface area contributed by atoms with Gasteiger partial charge in [-0.1, -0.05) is 13.8 Å². The largest absolute Gasteiger partial charge is 0.309 e. The van der Waals surface area contributed by atoms with Crippen molar-refractivity contribution in [2.45, 2.75) is 58.0 Å². The van der Waals surface area contributed by atoms with Crippen molar-refractivity contribution in [3.63, 3.8) is 0 Å². The maximum atomic E-state index is 4.00. The summed E-state index contributed by atoms with van der Waals surface area (Å²) in [4.78, 5) is 2.33. The second-order valence-corrected chi connectivity index (χ2v) is 6.96. The van der Waals surface area contributed by atoms with E-state index in [0.29, 0.717) is 6.04 Å². The second-order valence-electron chi connectivity index (χ2n) is 6.96. The van der Waals surface area contributed by atoms with Crippen molar-refractivity contribution in [1.29, 1.82) is 0 Å². The van der Waals surface area contributed by atoms with E-state index in [0.717, 1.165) is 23.8 Å². The molecule has 0 aliphatic heterocycles. The molecular weight excluding hydrogens is 208 g/mol. The summed E-state index contributed by atoms with van der Waals surface area (Å²) >= 11 is 0. The maximum Gasteiger partial charge on any atom is 0.0200 e. The molecule has 17 heavy (non-hydrogen) atoms. The van der Waals surface area contributed by atoms with Gasteiger partial charge in [0, 0.05) is 18.6 Å². The molecule has 2 aliphatic rings. The Morgan fingerprint density at radius 1 is 1.06 bits per heavy atom. The van der Waals surface area contributed by atoms with Gasteiger partial charge in [0.2, 0.25) is 0 Å². The van der Waals surface area contributed by atoms with Crippen LogP contribution in [0, 0.1) is 17.8 Å². The van der Waals surface area contributed by atoms with Crippen molar-refractivity contribution in [3.05, 3.63) is 0 Å². The first-order valence-corrected chi connectivity index (χ1v) is 7.47. The number of nitrogens with one attached hydrogen (secondary N) is 1. The van der Waals surface area contributed by atoms with Crippen molar-refractivity contribution in [2.75, 3.05) is 20.6 Å². The SMILES string of the molecule is CC(C)CC(CN(C)C)NC(C1CC1)C1CC1. The van der Waals surface area contributed by atoms with Crippen molar-refractivity contribution < 1.29 is 0 Å². The third kappa shape index (κ3) is 4.59. The molecule has 0 aromatic heterocycles. The molecule has 1 N–H and O–H groups in total. The van der Waals surface area contributed by atoms with Crippen molar-refractivity contribution in [1.82, 2.24) is 10.2 Å². The molecule has 0 heterocycles. The Hall–Kier alpha value is -0.0800. The Balaban J connectivity index is 1.84. The molecule has 2 nitrogen and oxygen atoms in total. The van der Waals surface area contributed by atoms with Gasteiger partial charge in [-0.25, -0.2) is 0 Å². The van der Waals surface area contributed by atoms with Gasteiger partial charge in [-0.3, -0.25) is 0 Å². The topological polar surface area (TPSA) is 15.3 Å². The van der Waals surface area contributed by atoms with Gasteiger partial charge in [0.05, 0.1) is 0 Å². The van der Waals surface area contributed by atoms with Crippen molar-refractivity contribution in [2.24, 2.45) is 17.8 Å². The number of rotatable bonds is 8. The minimum absolute atomic E-state index is 0.691. The first-order valence-electron chi connectivity index (χ1n) is 7.47. The number of nitrogens with zero attached hydrogens (tertiary/aromatic N) is 1. The summed E-state index contributed by atoms with van der Waals surface area (Å²) in [5.41, 5.74) is 0. The lowest BCUT2D eigenvalue weighted by Crippen LogP contribution is -2.46. The van der Waals surface area contributed by atoms with Gasteiger partial charge < -0.3 is 10.2 Å². The number of hydrogen-bond donors (Lipinski definition) is 1. The van der Waals surface area contributed by atoms with Crippen LogP contribution in [0.3, 0.4) is 0 Å². The quantitative estimate of drug-likeness (QED) is 0.699. The molecule has 100 valence electrons. The zero-order valence-corrected chi connectivity index (χ0v) is 12.1. The molecule has 0 aromatic rings. The zero-order chi connectivity index (χ0) is 12.4. The van der Waals surface area contributed by atoms with Crippen LogP contribution in [0.4, 0.5) is 0 Å². The minimum Gasteiger partial charge on any atom is -0.309 e. The molecule has 0 spiro atoms. The smallest absolute Gasteiger partial charge is 0.0200 e. The maximum absolute atomic E-state index is 4.00. The summed E-state index contributed by atoms with van der Waals surface area (Å²) < 4.78 is 0. The molecule has 2 saturated carbocycles. The molecule has 1 unspecified atom stereocenters. The average molecular weight is 238 g/mol. The molecule has 0 bridgehead atoms. The Bertz CT molecular complexity index is 207. The molecule has 1 atom stereocenters. The highest BCUT2D eigenvalue weighted by Crippen LogP contribution is 2.44. The highest BCUT2D eigenvalue weighted by atomic mass is 15.1. The summed E-state index contributed by atoms with van der Waals surface area (Å²) in [6, 6.07) is 1.54. The van der Waals surface area contributed by atoms with Crippen LogP contribution in [0.15, 0.2) is 0 Å². The zero-order valence-electron chi connectivity index (χ0n) is 12.1. The fourth-order valence-electron chi connectivity index (χ4n) is 3.05. The monoisotopic (exact) mass is 238 g/mol. The van der Waals surface area contributed by atoms with E-state index in [2.05, 4.69) is 38.2 Å². The van der Waals surface area contributed by atoms with Gasteiger partial charge in [0.1, 0.15) is 0 Å². The summed E-state index contributed by atoms with van der Waals surface area (Å²) in [6.45, 7) is 5.87. The Kier molecular flexibility index (Phi) is 4.48. The van der Waals surface area contributed by atoms with E-state index in [1.165, 1.54) is 38.6 Å². The average Bonchev–Trinajstić information content (AvgIpc) is 3.05. The Morgan fingerprint density at radius 2 is 1.59 bits per heavy atom. The fraction of sp³-hybridized carbons (Fsp3) is 1.00. The molecule has 0 amide bonds. The van der Waals surface area contributed by atoms with Crippen LogP contribution in [0.25, 0.3) is 0 Å². The van der Waals surface area contributed by atoms with Gasteiger partial charge in [0.25, 0.3) is 0 Å². The van der Waals surface area contributed by atoms with Crippen LogP contribution in [0.1, 0.15) is 46.0 Å². The van der Waals surface area contributed by atoms with Crippen LogP contribution < -0.4 is 5.32 Å². The van der Waals surface area contributed by atoms with Gasteiger partial charge in [-0.2, -0.15) is 0 Å². The van der Waals surface area contributed by atoms with E-state index in [9.17, 15) is 0 Å². The molecule has 2 heteroatoms. The van der Waals surface area contributed by atoms with Crippen LogP contribution in [0.2, 0.25) is 0 Å². The van der Waals surface area contributed by atoms with Gasteiger partial charge in [-0.15, -0.1) is 0 Å². The fourth-order valence-corrected chi connectivity index (χ4v) is 3.05. The highest BCUT2D eigenvalue weighted by molar-refractivity contribution is 4.97. The number of hydrogen-bond acceptors (Lipinski definition) is 2. The molecule has 2 fully saturated rings. The molecule has 2 aliphatic carbocycles. The third-order valence-electron chi connectivity index (χ3n) is 4.03. The lowest BCUT2D eigenvalue weighted by molar-refractivity contribution is 0.265. The van der Waals surface area contributed by atoms with Gasteiger partial charge in [0.15, 0.2) is 0 Å². The van der Waals surface area contributed by atoms with E-state index >= 15 is 0 Å². The molecule has 2 rings (SSSR count). The van der Waals surface area contributed by atoms with E-state index in [1.54, 1.807) is 0 Å². The van der Waals surface area contributed by atoms with Crippen LogP contribution in [0.5, 0.6) is 0 Å². The summed E-state index contributed by atoms with van der Waals surface area (Å²) in [5, 5.41) is 4.00. The van der Waals surface area contributed by atoms with Crippen LogP contribution in [-0.2, 0) is 0 Å². The van der Waals surface area contributed by atoms with Crippen LogP contribution in [-0.4, -0.2) is 37.6 Å². The van der Waals surface area contributed by atoms with E-state index in [1.807, 2.05) is 0 Å². The molecule has 0 radical (unpaired) electrons. The highest BCUT2D eigenvalue weighted by Gasteiger charge is 2.42. The summed E-state index contributed by atoms with van der Waals surface area (Å²) in [7, 11) is 4.39. The standard InChI is InChI=1S/C15H30N2/c1-11(2)9-14(10-17(3)4)16-15(12-5-6-12)13-7-8-13/h11-16H,5-10H2,1-4H3. The predicted molar refractivity (Wildman–Crippen MR) is 74.2 cm³/mol. The molecule has 0 aromatic carbocycles. The van der Waals surface area contributed by atoms with E-state index in [-0.39, 0.29) is 0 Å². The first-order chi connectivity index (χ1) is 8.06. The Morgan fingerprint density at radius 3 is 1.94 bits per heavy atom. The molecule has 0 saturated heterocycles. The lowest BCUT2D eigenvalue weighted by Gasteiger charge is -2.29. The first kappa shape index (κ1) is 13.4. The van der Waals surface area contributed by atoms with E-state index < -0.39 is 0 Å². The number of likely N-dealkylation sites (N-methyl/N-ethyl adjacent to an activating group) is 1. The van der Waals surface area contributed by atoms with Crippen LogP contribution >= 0.6 is 0 Å². The lowest BCUT2D eigenvalue weighted by atomic mass is 10.00. The summed E-state index contributed by atoms with van der Waals surface area (Å²) in [5.74, 6) is 2.82. The van der Waals surface area contributed by atoms with Gasteiger partial charge in [-0.05, 0) is 64.0 Å². The van der Waals surface area contributed by atoms with Crippen molar-refractivity contribution >= 4 is 0 Å². The molecular formula is C15H30N2. The summed E-state index contributed by atoms with van der Waals surface area (Å²) in [6.07, 6.45) is 7.22. The third-order valence-corrected chi connectivity index (χ3v) is 4.03. The normalized spacial score (nSPS) is 22.8. The minimum atomic E-state index is 0.691. The second kappa shape index (κ2) is 5.71. The van der Waals surface area contributed by atoms with Crippen molar-refractivity contribution in [3.8, 4) is 0 Å². The Labute approximate surface area is 107 Å². The van der Waals surface area contributed by atoms with E-state index in [4.69, 9.17) is 0 Å². The van der Waals surface area contributed by atoms with Gasteiger partial charge >= 0.3 is 0 Å². The predicted octanol–water partition coefficient (Wildman–Crippen LogP) is 2.74.